The van der Waals surface area contributed by atoms with Gasteiger partial charge in [-0.3, -0.25) is 0 Å². The highest BCUT2D eigenvalue weighted by Gasteiger charge is 2.12. The number of halogens is 1. The zero-order chi connectivity index (χ0) is 14.5. The Labute approximate surface area is 125 Å². The Morgan fingerprint density at radius 2 is 2.00 bits per heavy atom. The van der Waals surface area contributed by atoms with Crippen molar-refractivity contribution in [1.82, 2.24) is 19.5 Å². The monoisotopic (exact) mass is 292 g/mol. The average molecular weight is 293 g/mol. The molecule has 0 spiro atoms. The molecule has 0 unspecified atom stereocenters. The Hall–Kier alpha value is -1.42. The minimum atomic E-state index is 0.562. The molecule has 20 heavy (non-hydrogen) atoms. The van der Waals surface area contributed by atoms with Gasteiger partial charge in [-0.05, 0) is 19.8 Å². The van der Waals surface area contributed by atoms with Crippen LogP contribution in [0.2, 0.25) is 5.15 Å². The summed E-state index contributed by atoms with van der Waals surface area (Å²) in [5, 5.41) is 0.562. The van der Waals surface area contributed by atoms with Crippen molar-refractivity contribution in [3.05, 3.63) is 40.5 Å². The largest absolute Gasteiger partial charge is 0.335 e. The number of aromatic nitrogens is 4. The van der Waals surface area contributed by atoms with Gasteiger partial charge in [0.25, 0.3) is 0 Å². The molecule has 0 aliphatic rings. The molecule has 0 aromatic carbocycles. The van der Waals surface area contributed by atoms with E-state index in [2.05, 4.69) is 33.4 Å². The lowest BCUT2D eigenvalue weighted by molar-refractivity contribution is 0.643. The second-order valence-electron chi connectivity index (χ2n) is 4.97. The third-order valence-electron chi connectivity index (χ3n) is 3.30. The van der Waals surface area contributed by atoms with Crippen LogP contribution in [0.5, 0.6) is 0 Å². The van der Waals surface area contributed by atoms with Crippen molar-refractivity contribution in [3.8, 4) is 0 Å². The molecule has 0 N–H and O–H groups in total. The van der Waals surface area contributed by atoms with Crippen LogP contribution in [0.3, 0.4) is 0 Å². The maximum Gasteiger partial charge on any atom is 0.135 e. The van der Waals surface area contributed by atoms with Crippen molar-refractivity contribution in [2.45, 2.75) is 53.0 Å². The predicted octanol–water partition coefficient (Wildman–Crippen LogP) is 3.59. The Morgan fingerprint density at radius 3 is 2.70 bits per heavy atom. The molecular formula is C15H21ClN4. The summed E-state index contributed by atoms with van der Waals surface area (Å²) in [6, 6.07) is 0. The van der Waals surface area contributed by atoms with Crippen molar-refractivity contribution in [2.75, 3.05) is 0 Å². The zero-order valence-electron chi connectivity index (χ0n) is 12.4. The lowest BCUT2D eigenvalue weighted by Gasteiger charge is -2.10. The Kier molecular flexibility index (Phi) is 5.12. The molecule has 0 saturated heterocycles. The van der Waals surface area contributed by atoms with Gasteiger partial charge in [-0.25, -0.2) is 15.0 Å². The standard InChI is InChI=1S/C15H21ClN4/c1-4-6-13-18-12(11(3)15(16)19-13)10-14-17-7-9-20(14)8-5-2/h7,9H,4-6,8,10H2,1-3H3. The van der Waals surface area contributed by atoms with Crippen LogP contribution in [-0.2, 0) is 19.4 Å². The van der Waals surface area contributed by atoms with Gasteiger partial charge in [0.2, 0.25) is 0 Å². The number of imidazole rings is 1. The molecule has 0 saturated carbocycles. The molecule has 0 atom stereocenters. The highest BCUT2D eigenvalue weighted by atomic mass is 35.5. The van der Waals surface area contributed by atoms with Crippen molar-refractivity contribution in [1.29, 1.82) is 0 Å². The summed E-state index contributed by atoms with van der Waals surface area (Å²) in [7, 11) is 0. The van der Waals surface area contributed by atoms with E-state index in [1.54, 1.807) is 0 Å². The van der Waals surface area contributed by atoms with Gasteiger partial charge in [0.1, 0.15) is 16.8 Å². The molecule has 108 valence electrons. The highest BCUT2D eigenvalue weighted by Crippen LogP contribution is 2.19. The number of rotatable bonds is 6. The third-order valence-corrected chi connectivity index (χ3v) is 3.67. The van der Waals surface area contributed by atoms with Crippen LogP contribution in [-0.4, -0.2) is 19.5 Å². The van der Waals surface area contributed by atoms with Gasteiger partial charge in [-0.1, -0.05) is 25.4 Å². The van der Waals surface area contributed by atoms with Gasteiger partial charge < -0.3 is 4.57 Å². The molecule has 5 heteroatoms. The minimum absolute atomic E-state index is 0.562. The van der Waals surface area contributed by atoms with Crippen LogP contribution in [0.4, 0.5) is 0 Å². The van der Waals surface area contributed by atoms with Crippen LogP contribution in [0, 0.1) is 6.92 Å². The Morgan fingerprint density at radius 1 is 1.20 bits per heavy atom. The molecule has 4 nitrogen and oxygen atoms in total. The summed E-state index contributed by atoms with van der Waals surface area (Å²) in [6.07, 6.45) is 7.53. The summed E-state index contributed by atoms with van der Waals surface area (Å²) in [5.74, 6) is 1.86. The number of hydrogen-bond acceptors (Lipinski definition) is 3. The van der Waals surface area contributed by atoms with E-state index >= 15 is 0 Å². The van der Waals surface area contributed by atoms with E-state index in [1.165, 1.54) is 0 Å². The lowest BCUT2D eigenvalue weighted by Crippen LogP contribution is -2.08. The van der Waals surface area contributed by atoms with Crippen molar-refractivity contribution >= 4 is 11.6 Å². The van der Waals surface area contributed by atoms with E-state index in [0.29, 0.717) is 11.6 Å². The summed E-state index contributed by atoms with van der Waals surface area (Å²) in [4.78, 5) is 13.4. The quantitative estimate of drug-likeness (QED) is 0.764. The Balaban J connectivity index is 2.30. The first-order valence-corrected chi connectivity index (χ1v) is 7.55. The van der Waals surface area contributed by atoms with E-state index in [4.69, 9.17) is 11.6 Å². The maximum atomic E-state index is 6.22. The van der Waals surface area contributed by atoms with Crippen LogP contribution < -0.4 is 0 Å². The molecule has 2 rings (SSSR count). The van der Waals surface area contributed by atoms with Gasteiger partial charge in [0, 0.05) is 37.3 Å². The van der Waals surface area contributed by atoms with Gasteiger partial charge in [-0.15, -0.1) is 0 Å². The molecule has 0 bridgehead atoms. The normalized spacial score (nSPS) is 11.0. The second kappa shape index (κ2) is 6.84. The first-order valence-electron chi connectivity index (χ1n) is 7.17. The fourth-order valence-electron chi connectivity index (χ4n) is 2.19. The van der Waals surface area contributed by atoms with E-state index in [9.17, 15) is 0 Å². The van der Waals surface area contributed by atoms with Crippen molar-refractivity contribution in [3.63, 3.8) is 0 Å². The summed E-state index contributed by atoms with van der Waals surface area (Å²) >= 11 is 6.22. The zero-order valence-corrected chi connectivity index (χ0v) is 13.1. The van der Waals surface area contributed by atoms with E-state index in [1.807, 2.05) is 19.3 Å². The van der Waals surface area contributed by atoms with Gasteiger partial charge in [-0.2, -0.15) is 0 Å². The molecule has 2 aromatic heterocycles. The molecule has 2 aromatic rings. The first-order chi connectivity index (χ1) is 9.65. The maximum absolute atomic E-state index is 6.22. The van der Waals surface area contributed by atoms with Gasteiger partial charge in [0.15, 0.2) is 0 Å². The minimum Gasteiger partial charge on any atom is -0.335 e. The SMILES string of the molecule is CCCc1nc(Cl)c(C)c(Cc2nccn2CCC)n1. The smallest absolute Gasteiger partial charge is 0.135 e. The van der Waals surface area contributed by atoms with Crippen LogP contribution in [0.15, 0.2) is 12.4 Å². The fraction of sp³-hybridized carbons (Fsp3) is 0.533. The molecule has 0 aliphatic carbocycles. The second-order valence-corrected chi connectivity index (χ2v) is 5.32. The molecule has 0 fully saturated rings. The molecule has 0 amide bonds. The predicted molar refractivity (Wildman–Crippen MR) is 81.1 cm³/mol. The van der Waals surface area contributed by atoms with E-state index in [0.717, 1.165) is 48.7 Å². The average Bonchev–Trinajstić information content (AvgIpc) is 2.84. The fourth-order valence-corrected chi connectivity index (χ4v) is 2.40. The topological polar surface area (TPSA) is 43.6 Å². The van der Waals surface area contributed by atoms with E-state index in [-0.39, 0.29) is 0 Å². The Bertz CT molecular complexity index is 577. The summed E-state index contributed by atoms with van der Waals surface area (Å²) in [6.45, 7) is 7.23. The molecule has 2 heterocycles. The first kappa shape index (κ1) is 15.0. The van der Waals surface area contributed by atoms with Crippen LogP contribution in [0.1, 0.15) is 49.6 Å². The molecule has 0 radical (unpaired) electrons. The molecular weight excluding hydrogens is 272 g/mol. The van der Waals surface area contributed by atoms with Crippen LogP contribution in [0.25, 0.3) is 0 Å². The number of hydrogen-bond donors (Lipinski definition) is 0. The highest BCUT2D eigenvalue weighted by molar-refractivity contribution is 6.30. The third kappa shape index (κ3) is 3.37. The van der Waals surface area contributed by atoms with Crippen molar-refractivity contribution < 1.29 is 0 Å². The van der Waals surface area contributed by atoms with E-state index < -0.39 is 0 Å². The lowest BCUT2D eigenvalue weighted by atomic mass is 10.2. The molecule has 0 aliphatic heterocycles. The number of aryl methyl sites for hydroxylation is 2. The van der Waals surface area contributed by atoms with Gasteiger partial charge in [0.05, 0.1) is 5.69 Å². The van der Waals surface area contributed by atoms with Crippen LogP contribution >= 0.6 is 11.6 Å². The number of nitrogens with zero attached hydrogens (tertiary/aromatic N) is 4. The summed E-state index contributed by atoms with van der Waals surface area (Å²) in [5.41, 5.74) is 1.94. The van der Waals surface area contributed by atoms with Gasteiger partial charge >= 0.3 is 0 Å². The summed E-state index contributed by atoms with van der Waals surface area (Å²) < 4.78 is 2.18. The van der Waals surface area contributed by atoms with Crippen molar-refractivity contribution in [2.24, 2.45) is 0 Å².